The minimum absolute atomic E-state index is 0.0354. The van der Waals surface area contributed by atoms with Crippen LogP contribution < -0.4 is 11.1 Å². The van der Waals surface area contributed by atoms with Crippen molar-refractivity contribution in [3.63, 3.8) is 0 Å². The summed E-state index contributed by atoms with van der Waals surface area (Å²) in [5.41, 5.74) is 5.72. The Morgan fingerprint density at radius 2 is 2.27 bits per heavy atom. The highest BCUT2D eigenvalue weighted by atomic mass is 32.2. The second-order valence-electron chi connectivity index (χ2n) is 5.16. The monoisotopic (exact) mass is 230 g/mol. The number of carbonyl (C=O) groups excluding carboxylic acids is 1. The molecule has 0 aliphatic carbocycles. The van der Waals surface area contributed by atoms with Gasteiger partial charge in [-0.1, -0.05) is 20.8 Å². The third-order valence-corrected chi connectivity index (χ3v) is 4.20. The van der Waals surface area contributed by atoms with Crippen molar-refractivity contribution >= 4 is 17.7 Å². The summed E-state index contributed by atoms with van der Waals surface area (Å²) in [5, 5.41) is 3.22. The van der Waals surface area contributed by atoms with Crippen molar-refractivity contribution in [1.82, 2.24) is 5.32 Å². The fourth-order valence-electron chi connectivity index (χ4n) is 1.68. The zero-order valence-corrected chi connectivity index (χ0v) is 10.7. The normalized spacial score (nSPS) is 23.9. The van der Waals surface area contributed by atoms with E-state index in [0.29, 0.717) is 6.54 Å². The lowest BCUT2D eigenvalue weighted by atomic mass is 9.86. The van der Waals surface area contributed by atoms with Crippen LogP contribution in [-0.4, -0.2) is 29.5 Å². The fourth-order valence-corrected chi connectivity index (χ4v) is 2.85. The van der Waals surface area contributed by atoms with E-state index < -0.39 is 0 Å². The van der Waals surface area contributed by atoms with Crippen LogP contribution >= 0.6 is 11.8 Å². The Hall–Kier alpha value is -0.220. The van der Waals surface area contributed by atoms with Crippen molar-refractivity contribution in [1.29, 1.82) is 0 Å². The number of rotatable bonds is 3. The van der Waals surface area contributed by atoms with Gasteiger partial charge in [-0.15, -0.1) is 11.8 Å². The fraction of sp³-hybridized carbons (Fsp3) is 0.909. The molecule has 88 valence electrons. The summed E-state index contributed by atoms with van der Waals surface area (Å²) in [6.07, 6.45) is 2.17. The first-order valence-corrected chi connectivity index (χ1v) is 6.62. The molecule has 1 aliphatic heterocycles. The van der Waals surface area contributed by atoms with E-state index in [0.717, 1.165) is 18.6 Å². The lowest BCUT2D eigenvalue weighted by molar-refractivity contribution is -0.122. The summed E-state index contributed by atoms with van der Waals surface area (Å²) >= 11 is 1.76. The smallest absolute Gasteiger partial charge is 0.233 e. The molecule has 1 aliphatic rings. The van der Waals surface area contributed by atoms with Crippen LogP contribution in [0.3, 0.4) is 0 Å². The molecular weight excluding hydrogens is 208 g/mol. The van der Waals surface area contributed by atoms with E-state index in [9.17, 15) is 4.79 Å². The molecule has 1 rings (SSSR count). The van der Waals surface area contributed by atoms with Gasteiger partial charge in [-0.3, -0.25) is 4.79 Å². The van der Waals surface area contributed by atoms with Crippen molar-refractivity contribution < 1.29 is 4.79 Å². The Labute approximate surface area is 96.6 Å². The maximum Gasteiger partial charge on any atom is 0.233 e. The summed E-state index contributed by atoms with van der Waals surface area (Å²) in [4.78, 5) is 11.9. The van der Waals surface area contributed by atoms with Crippen LogP contribution in [0.5, 0.6) is 0 Å². The molecule has 0 aromatic rings. The van der Waals surface area contributed by atoms with E-state index in [4.69, 9.17) is 5.73 Å². The van der Waals surface area contributed by atoms with E-state index in [2.05, 4.69) is 26.1 Å². The van der Waals surface area contributed by atoms with Gasteiger partial charge >= 0.3 is 0 Å². The van der Waals surface area contributed by atoms with Crippen molar-refractivity contribution in [2.45, 2.75) is 44.9 Å². The van der Waals surface area contributed by atoms with Gasteiger partial charge in [-0.05, 0) is 24.0 Å². The maximum absolute atomic E-state index is 11.9. The van der Waals surface area contributed by atoms with Crippen LogP contribution in [0, 0.1) is 5.41 Å². The number of hydrogen-bond donors (Lipinski definition) is 2. The summed E-state index contributed by atoms with van der Waals surface area (Å²) in [7, 11) is 0. The van der Waals surface area contributed by atoms with Gasteiger partial charge in [-0.2, -0.15) is 0 Å². The van der Waals surface area contributed by atoms with E-state index >= 15 is 0 Å². The quantitative estimate of drug-likeness (QED) is 0.770. The number of thioether (sulfide) groups is 1. The topological polar surface area (TPSA) is 55.1 Å². The predicted molar refractivity (Wildman–Crippen MR) is 65.9 cm³/mol. The van der Waals surface area contributed by atoms with Gasteiger partial charge in [0.05, 0.1) is 5.25 Å². The predicted octanol–water partition coefficient (Wildman–Crippen LogP) is 1.37. The van der Waals surface area contributed by atoms with E-state index in [1.165, 1.54) is 0 Å². The Kier molecular flexibility index (Phi) is 4.46. The number of nitrogens with one attached hydrogen (secondary N) is 1. The summed E-state index contributed by atoms with van der Waals surface area (Å²) in [6, 6.07) is 0.0752. The zero-order chi connectivity index (χ0) is 11.5. The molecule has 4 heteroatoms. The van der Waals surface area contributed by atoms with Gasteiger partial charge in [0.1, 0.15) is 0 Å². The first kappa shape index (κ1) is 12.8. The Morgan fingerprint density at radius 3 is 2.67 bits per heavy atom. The third-order valence-electron chi connectivity index (χ3n) is 2.82. The first-order chi connectivity index (χ1) is 6.95. The van der Waals surface area contributed by atoms with E-state index in [1.807, 2.05) is 0 Å². The van der Waals surface area contributed by atoms with Crippen molar-refractivity contribution in [2.24, 2.45) is 11.1 Å². The number of amides is 1. The second kappa shape index (κ2) is 5.21. The van der Waals surface area contributed by atoms with E-state index in [1.54, 1.807) is 11.8 Å². The third kappa shape index (κ3) is 3.68. The molecule has 0 spiro atoms. The Balaban J connectivity index is 2.47. The molecule has 3 N–H and O–H groups in total. The molecule has 1 amide bonds. The number of carbonyl (C=O) groups is 1. The number of hydrogen-bond acceptors (Lipinski definition) is 3. The van der Waals surface area contributed by atoms with Crippen LogP contribution in [0.1, 0.15) is 33.6 Å². The van der Waals surface area contributed by atoms with Gasteiger partial charge in [0.15, 0.2) is 0 Å². The van der Waals surface area contributed by atoms with Crippen LogP contribution in [0.25, 0.3) is 0 Å². The van der Waals surface area contributed by atoms with Crippen molar-refractivity contribution in [2.75, 3.05) is 12.3 Å². The minimum atomic E-state index is 0.0354. The SMILES string of the molecule is CC(C)(C)C(CN)NC(=O)C1CCCS1. The first-order valence-electron chi connectivity index (χ1n) is 5.57. The molecule has 1 fully saturated rings. The van der Waals surface area contributed by atoms with Gasteiger partial charge in [0, 0.05) is 12.6 Å². The molecule has 0 aromatic heterocycles. The Morgan fingerprint density at radius 1 is 1.60 bits per heavy atom. The summed E-state index contributed by atoms with van der Waals surface area (Å²) < 4.78 is 0. The molecule has 2 atom stereocenters. The molecule has 15 heavy (non-hydrogen) atoms. The van der Waals surface area contributed by atoms with Crippen LogP contribution in [-0.2, 0) is 4.79 Å². The molecule has 1 heterocycles. The molecule has 3 nitrogen and oxygen atoms in total. The van der Waals surface area contributed by atoms with Crippen LogP contribution in [0.15, 0.2) is 0 Å². The van der Waals surface area contributed by atoms with Crippen molar-refractivity contribution in [3.05, 3.63) is 0 Å². The summed E-state index contributed by atoms with van der Waals surface area (Å²) in [5.74, 6) is 1.28. The molecule has 0 aromatic carbocycles. The molecule has 0 radical (unpaired) electrons. The number of nitrogens with two attached hydrogens (primary N) is 1. The highest BCUT2D eigenvalue weighted by molar-refractivity contribution is 8.00. The maximum atomic E-state index is 11.9. The molecule has 0 bridgehead atoms. The minimum Gasteiger partial charge on any atom is -0.351 e. The average molecular weight is 230 g/mol. The standard InChI is InChI=1S/C11H22N2OS/c1-11(2,3)9(7-12)13-10(14)8-5-4-6-15-8/h8-9H,4-7,12H2,1-3H3,(H,13,14). The van der Waals surface area contributed by atoms with Crippen molar-refractivity contribution in [3.8, 4) is 0 Å². The average Bonchev–Trinajstić information content (AvgIpc) is 2.64. The lowest BCUT2D eigenvalue weighted by Crippen LogP contribution is -2.50. The van der Waals surface area contributed by atoms with Gasteiger partial charge in [-0.25, -0.2) is 0 Å². The molecule has 1 saturated heterocycles. The largest absolute Gasteiger partial charge is 0.351 e. The zero-order valence-electron chi connectivity index (χ0n) is 9.88. The lowest BCUT2D eigenvalue weighted by Gasteiger charge is -2.31. The summed E-state index contributed by atoms with van der Waals surface area (Å²) in [6.45, 7) is 6.82. The highest BCUT2D eigenvalue weighted by Crippen LogP contribution is 2.27. The van der Waals surface area contributed by atoms with Gasteiger partial charge in [0.2, 0.25) is 5.91 Å². The van der Waals surface area contributed by atoms with Crippen LogP contribution in [0.4, 0.5) is 0 Å². The van der Waals surface area contributed by atoms with E-state index in [-0.39, 0.29) is 22.6 Å². The highest BCUT2D eigenvalue weighted by Gasteiger charge is 2.29. The van der Waals surface area contributed by atoms with Gasteiger partial charge < -0.3 is 11.1 Å². The van der Waals surface area contributed by atoms with Crippen LogP contribution in [0.2, 0.25) is 0 Å². The second-order valence-corrected chi connectivity index (χ2v) is 6.48. The molecular formula is C11H22N2OS. The molecule has 2 unspecified atom stereocenters. The Bertz CT molecular complexity index is 219. The molecule has 0 saturated carbocycles. The van der Waals surface area contributed by atoms with Gasteiger partial charge in [0.25, 0.3) is 0 Å².